The molecule has 0 saturated carbocycles. The lowest BCUT2D eigenvalue weighted by Gasteiger charge is -2.07. The van der Waals surface area contributed by atoms with Crippen LogP contribution >= 0.6 is 0 Å². The van der Waals surface area contributed by atoms with E-state index >= 15 is 0 Å². The van der Waals surface area contributed by atoms with Gasteiger partial charge in [0.2, 0.25) is 5.91 Å². The van der Waals surface area contributed by atoms with E-state index in [2.05, 4.69) is 5.32 Å². The Hall–Kier alpha value is -2.10. The number of esters is 1. The van der Waals surface area contributed by atoms with Crippen LogP contribution in [0.2, 0.25) is 0 Å². The summed E-state index contributed by atoms with van der Waals surface area (Å²) in [7, 11) is 0. The molecular formula is C16H21NO3. The van der Waals surface area contributed by atoms with Crippen LogP contribution in [0.15, 0.2) is 30.3 Å². The molecule has 0 aromatic heterocycles. The van der Waals surface area contributed by atoms with Crippen molar-refractivity contribution in [1.82, 2.24) is 0 Å². The van der Waals surface area contributed by atoms with Gasteiger partial charge in [0.1, 0.15) is 0 Å². The number of rotatable bonds is 6. The van der Waals surface area contributed by atoms with Gasteiger partial charge in [0, 0.05) is 18.2 Å². The number of hydrogen-bond acceptors (Lipinski definition) is 3. The molecule has 0 aliphatic heterocycles. The lowest BCUT2D eigenvalue weighted by atomic mass is 10.1. The quantitative estimate of drug-likeness (QED) is 0.640. The molecule has 0 heterocycles. The van der Waals surface area contributed by atoms with Crippen LogP contribution in [0.25, 0.3) is 6.08 Å². The largest absolute Gasteiger partial charge is 0.463 e. The molecule has 0 atom stereocenters. The zero-order chi connectivity index (χ0) is 15.0. The molecule has 0 aliphatic carbocycles. The van der Waals surface area contributed by atoms with Gasteiger partial charge in [0.05, 0.1) is 6.61 Å². The van der Waals surface area contributed by atoms with Crippen LogP contribution in [-0.4, -0.2) is 18.5 Å². The predicted octanol–water partition coefficient (Wildman–Crippen LogP) is 3.25. The van der Waals surface area contributed by atoms with Crippen LogP contribution in [0.5, 0.6) is 0 Å². The molecule has 4 heteroatoms. The van der Waals surface area contributed by atoms with Crippen molar-refractivity contribution in [3.8, 4) is 0 Å². The number of ether oxygens (including phenoxy) is 1. The van der Waals surface area contributed by atoms with Crippen molar-refractivity contribution in [3.63, 3.8) is 0 Å². The summed E-state index contributed by atoms with van der Waals surface area (Å²) >= 11 is 0. The van der Waals surface area contributed by atoms with Crippen molar-refractivity contribution in [3.05, 3.63) is 35.9 Å². The Morgan fingerprint density at radius 1 is 1.25 bits per heavy atom. The highest BCUT2D eigenvalue weighted by Crippen LogP contribution is 2.12. The van der Waals surface area contributed by atoms with Gasteiger partial charge in [0.15, 0.2) is 0 Å². The van der Waals surface area contributed by atoms with E-state index in [1.165, 1.54) is 6.08 Å². The fraction of sp³-hybridized carbons (Fsp3) is 0.375. The van der Waals surface area contributed by atoms with Crippen molar-refractivity contribution in [2.24, 2.45) is 5.92 Å². The molecule has 1 aromatic carbocycles. The highest BCUT2D eigenvalue weighted by molar-refractivity contribution is 5.91. The summed E-state index contributed by atoms with van der Waals surface area (Å²) in [5.41, 5.74) is 1.63. The van der Waals surface area contributed by atoms with Crippen molar-refractivity contribution in [2.45, 2.75) is 27.2 Å². The number of carbonyl (C=O) groups excluding carboxylic acids is 2. The van der Waals surface area contributed by atoms with Crippen LogP contribution in [-0.2, 0) is 14.3 Å². The first-order valence-electron chi connectivity index (χ1n) is 6.76. The molecule has 0 aliphatic rings. The molecule has 0 radical (unpaired) electrons. The number of hydrogen-bond donors (Lipinski definition) is 1. The molecule has 0 unspecified atom stereocenters. The zero-order valence-corrected chi connectivity index (χ0v) is 12.2. The van der Waals surface area contributed by atoms with Crippen LogP contribution in [0.3, 0.4) is 0 Å². The van der Waals surface area contributed by atoms with E-state index in [9.17, 15) is 9.59 Å². The second-order valence-electron chi connectivity index (χ2n) is 4.85. The second-order valence-corrected chi connectivity index (χ2v) is 4.85. The summed E-state index contributed by atoms with van der Waals surface area (Å²) in [5, 5.41) is 2.83. The maximum Gasteiger partial charge on any atom is 0.330 e. The number of anilines is 1. The molecule has 0 fully saturated rings. The number of carbonyl (C=O) groups is 2. The number of amides is 1. The van der Waals surface area contributed by atoms with Gasteiger partial charge in [-0.3, -0.25) is 4.79 Å². The van der Waals surface area contributed by atoms with Crippen LogP contribution in [0.1, 0.15) is 32.8 Å². The summed E-state index contributed by atoms with van der Waals surface area (Å²) in [6.07, 6.45) is 3.57. The summed E-state index contributed by atoms with van der Waals surface area (Å²) in [6, 6.07) is 7.29. The molecule has 1 rings (SSSR count). The first-order chi connectivity index (χ1) is 9.51. The van der Waals surface area contributed by atoms with Crippen molar-refractivity contribution in [2.75, 3.05) is 11.9 Å². The minimum absolute atomic E-state index is 0.00909. The van der Waals surface area contributed by atoms with E-state index in [1.807, 2.05) is 38.1 Å². The standard InChI is InChI=1S/C16H21NO3/c1-4-20-16(19)10-7-13-5-8-14(9-6-13)17-15(18)11-12(2)3/h5-10,12H,4,11H2,1-3H3,(H,17,18)/b10-7+. The lowest BCUT2D eigenvalue weighted by molar-refractivity contribution is -0.137. The van der Waals surface area contributed by atoms with Crippen molar-refractivity contribution < 1.29 is 14.3 Å². The van der Waals surface area contributed by atoms with Gasteiger partial charge in [0.25, 0.3) is 0 Å². The van der Waals surface area contributed by atoms with E-state index in [4.69, 9.17) is 4.74 Å². The number of benzene rings is 1. The summed E-state index contributed by atoms with van der Waals surface area (Å²) < 4.78 is 4.79. The fourth-order valence-corrected chi connectivity index (χ4v) is 1.62. The summed E-state index contributed by atoms with van der Waals surface area (Å²) in [5.74, 6) is -0.0154. The summed E-state index contributed by atoms with van der Waals surface area (Å²) in [6.45, 7) is 6.14. The SMILES string of the molecule is CCOC(=O)/C=C/c1ccc(NC(=O)CC(C)C)cc1. The lowest BCUT2D eigenvalue weighted by Crippen LogP contribution is -2.13. The van der Waals surface area contributed by atoms with Gasteiger partial charge in [-0.15, -0.1) is 0 Å². The maximum absolute atomic E-state index is 11.6. The van der Waals surface area contributed by atoms with E-state index < -0.39 is 0 Å². The van der Waals surface area contributed by atoms with E-state index in [0.29, 0.717) is 18.9 Å². The Morgan fingerprint density at radius 2 is 1.90 bits per heavy atom. The van der Waals surface area contributed by atoms with E-state index in [-0.39, 0.29) is 11.9 Å². The molecule has 20 heavy (non-hydrogen) atoms. The maximum atomic E-state index is 11.6. The molecule has 1 aromatic rings. The third-order valence-electron chi connectivity index (χ3n) is 2.49. The first kappa shape index (κ1) is 16.0. The Balaban J connectivity index is 2.56. The molecular weight excluding hydrogens is 254 g/mol. The first-order valence-corrected chi connectivity index (χ1v) is 6.76. The molecule has 0 bridgehead atoms. The Morgan fingerprint density at radius 3 is 2.45 bits per heavy atom. The second kappa shape index (κ2) is 8.15. The van der Waals surface area contributed by atoms with Gasteiger partial charge < -0.3 is 10.1 Å². The average molecular weight is 275 g/mol. The average Bonchev–Trinajstić information content (AvgIpc) is 2.37. The monoisotopic (exact) mass is 275 g/mol. The third-order valence-corrected chi connectivity index (χ3v) is 2.49. The predicted molar refractivity (Wildman–Crippen MR) is 80.2 cm³/mol. The topological polar surface area (TPSA) is 55.4 Å². The Labute approximate surface area is 119 Å². The van der Waals surface area contributed by atoms with Gasteiger partial charge in [-0.2, -0.15) is 0 Å². The van der Waals surface area contributed by atoms with Crippen LogP contribution < -0.4 is 5.32 Å². The van der Waals surface area contributed by atoms with Gasteiger partial charge >= 0.3 is 5.97 Å². The Bertz CT molecular complexity index is 475. The van der Waals surface area contributed by atoms with Crippen molar-refractivity contribution in [1.29, 1.82) is 0 Å². The minimum atomic E-state index is -0.359. The molecule has 108 valence electrons. The summed E-state index contributed by atoms with van der Waals surface area (Å²) in [4.78, 5) is 22.8. The van der Waals surface area contributed by atoms with Crippen molar-refractivity contribution >= 4 is 23.6 Å². The fourth-order valence-electron chi connectivity index (χ4n) is 1.62. The van der Waals surface area contributed by atoms with Gasteiger partial charge in [-0.1, -0.05) is 26.0 Å². The van der Waals surface area contributed by atoms with Crippen LogP contribution in [0.4, 0.5) is 5.69 Å². The number of nitrogens with one attached hydrogen (secondary N) is 1. The molecule has 0 spiro atoms. The highest BCUT2D eigenvalue weighted by atomic mass is 16.5. The molecule has 4 nitrogen and oxygen atoms in total. The van der Waals surface area contributed by atoms with Gasteiger partial charge in [-0.25, -0.2) is 4.79 Å². The molecule has 1 amide bonds. The Kier molecular flexibility index (Phi) is 6.50. The molecule has 1 N–H and O–H groups in total. The smallest absolute Gasteiger partial charge is 0.330 e. The van der Waals surface area contributed by atoms with Crippen LogP contribution in [0, 0.1) is 5.92 Å². The van der Waals surface area contributed by atoms with E-state index in [1.54, 1.807) is 13.0 Å². The molecule has 0 saturated heterocycles. The van der Waals surface area contributed by atoms with E-state index in [0.717, 1.165) is 11.3 Å². The highest BCUT2D eigenvalue weighted by Gasteiger charge is 2.04. The third kappa shape index (κ3) is 6.18. The normalized spacial score (nSPS) is 10.8. The zero-order valence-electron chi connectivity index (χ0n) is 12.2. The minimum Gasteiger partial charge on any atom is -0.463 e. The van der Waals surface area contributed by atoms with Gasteiger partial charge in [-0.05, 0) is 36.6 Å².